The van der Waals surface area contributed by atoms with Crippen molar-refractivity contribution >= 4 is 11.9 Å². The number of aromatic nitrogens is 5. The van der Waals surface area contributed by atoms with E-state index in [1.165, 1.54) is 11.0 Å². The molecule has 0 spiro atoms. The number of nitrogens with zero attached hydrogens (tertiary/aromatic N) is 5. The van der Waals surface area contributed by atoms with Crippen molar-refractivity contribution in [3.05, 3.63) is 23.8 Å². The molecule has 108 valence electrons. The molecular weight excluding hydrogens is 260 g/mol. The van der Waals surface area contributed by atoms with Gasteiger partial charge >= 0.3 is 5.97 Å². The lowest BCUT2D eigenvalue weighted by atomic mass is 10.3. The highest BCUT2D eigenvalue weighted by atomic mass is 16.5. The first-order valence-corrected chi connectivity index (χ1v) is 6.48. The van der Waals surface area contributed by atoms with E-state index in [9.17, 15) is 4.79 Å². The fraction of sp³-hybridized carbons (Fsp3) is 0.500. The summed E-state index contributed by atoms with van der Waals surface area (Å²) in [5, 5.41) is 8.22. The van der Waals surface area contributed by atoms with E-state index in [-0.39, 0.29) is 19.1 Å². The van der Waals surface area contributed by atoms with Crippen LogP contribution in [0.2, 0.25) is 0 Å². The number of hydrogen-bond acceptors (Lipinski definition) is 6. The van der Waals surface area contributed by atoms with Crippen LogP contribution in [-0.2, 0) is 35.6 Å². The molecule has 0 amide bonds. The van der Waals surface area contributed by atoms with Crippen molar-refractivity contribution in [2.24, 2.45) is 0 Å². The van der Waals surface area contributed by atoms with Gasteiger partial charge in [0.2, 0.25) is 5.95 Å². The van der Waals surface area contributed by atoms with Crippen LogP contribution >= 0.6 is 0 Å². The minimum absolute atomic E-state index is 0.00883. The van der Waals surface area contributed by atoms with Gasteiger partial charge in [0.1, 0.15) is 19.5 Å². The van der Waals surface area contributed by atoms with Crippen LogP contribution in [0.4, 0.5) is 5.95 Å². The zero-order valence-corrected chi connectivity index (χ0v) is 11.6. The van der Waals surface area contributed by atoms with Gasteiger partial charge in [0.25, 0.3) is 0 Å². The van der Waals surface area contributed by atoms with Crippen LogP contribution in [-0.4, -0.2) is 30.5 Å². The van der Waals surface area contributed by atoms with Crippen LogP contribution in [0.1, 0.15) is 25.2 Å². The van der Waals surface area contributed by atoms with Crippen molar-refractivity contribution in [1.29, 1.82) is 0 Å². The standard InChI is InChI=1S/C12H18N6O2/c1-3-9-5-10(18(4-2)15-9)7-20-11(19)6-17-8-14-12(13)16-17/h5,8H,3-4,6-7H2,1-2H3,(H2,13,16). The Hall–Kier alpha value is -2.38. The van der Waals surface area contributed by atoms with Gasteiger partial charge in [0.05, 0.1) is 11.4 Å². The first-order valence-electron chi connectivity index (χ1n) is 6.48. The van der Waals surface area contributed by atoms with Crippen LogP contribution < -0.4 is 5.73 Å². The lowest BCUT2D eigenvalue weighted by Gasteiger charge is -2.06. The maximum Gasteiger partial charge on any atom is 0.328 e. The number of esters is 1. The smallest absolute Gasteiger partial charge is 0.328 e. The number of ether oxygens (including phenoxy) is 1. The van der Waals surface area contributed by atoms with Gasteiger partial charge in [-0.25, -0.2) is 9.67 Å². The molecule has 0 radical (unpaired) electrons. The predicted octanol–water partition coefficient (Wildman–Crippen LogP) is 0.382. The Morgan fingerprint density at radius 2 is 2.20 bits per heavy atom. The molecule has 0 aliphatic carbocycles. The SMILES string of the molecule is CCc1cc(COC(=O)Cn2cnc(N)n2)n(CC)n1. The van der Waals surface area contributed by atoms with Gasteiger partial charge < -0.3 is 10.5 Å². The third-order valence-electron chi connectivity index (χ3n) is 2.80. The largest absolute Gasteiger partial charge is 0.458 e. The van der Waals surface area contributed by atoms with E-state index in [0.29, 0.717) is 0 Å². The van der Waals surface area contributed by atoms with Crippen molar-refractivity contribution in [3.8, 4) is 0 Å². The van der Waals surface area contributed by atoms with Crippen molar-refractivity contribution in [3.63, 3.8) is 0 Å². The molecule has 0 atom stereocenters. The molecule has 2 aromatic heterocycles. The Bertz CT molecular complexity index is 589. The molecule has 0 aliphatic rings. The van der Waals surface area contributed by atoms with Crippen LogP contribution in [0.5, 0.6) is 0 Å². The number of carbonyl (C=O) groups excluding carboxylic acids is 1. The molecule has 2 rings (SSSR count). The fourth-order valence-corrected chi connectivity index (χ4v) is 1.80. The van der Waals surface area contributed by atoms with E-state index < -0.39 is 5.97 Å². The molecule has 0 unspecified atom stereocenters. The van der Waals surface area contributed by atoms with Crippen LogP contribution in [0.15, 0.2) is 12.4 Å². The monoisotopic (exact) mass is 278 g/mol. The zero-order chi connectivity index (χ0) is 14.5. The number of aryl methyl sites for hydroxylation is 2. The summed E-state index contributed by atoms with van der Waals surface area (Å²) in [5.74, 6) is -0.258. The summed E-state index contributed by atoms with van der Waals surface area (Å²) in [6.07, 6.45) is 2.24. The number of nitrogens with two attached hydrogens (primary N) is 1. The third-order valence-corrected chi connectivity index (χ3v) is 2.80. The molecule has 0 fully saturated rings. The number of anilines is 1. The molecule has 8 heteroatoms. The van der Waals surface area contributed by atoms with Gasteiger partial charge in [-0.2, -0.15) is 5.10 Å². The minimum atomic E-state index is -0.392. The molecule has 0 aliphatic heterocycles. The summed E-state index contributed by atoms with van der Waals surface area (Å²) in [6.45, 7) is 4.96. The predicted molar refractivity (Wildman–Crippen MR) is 71.5 cm³/mol. The number of nitrogen functional groups attached to an aromatic ring is 1. The second kappa shape index (κ2) is 6.18. The molecule has 0 saturated heterocycles. The highest BCUT2D eigenvalue weighted by Crippen LogP contribution is 2.07. The molecule has 0 saturated carbocycles. The first kappa shape index (κ1) is 14.0. The number of hydrogen-bond donors (Lipinski definition) is 1. The molecule has 0 bridgehead atoms. The van der Waals surface area contributed by atoms with Gasteiger partial charge in [0.15, 0.2) is 0 Å². The zero-order valence-electron chi connectivity index (χ0n) is 11.6. The normalized spacial score (nSPS) is 10.7. The van der Waals surface area contributed by atoms with E-state index in [1.807, 2.05) is 24.6 Å². The summed E-state index contributed by atoms with van der Waals surface area (Å²) < 4.78 is 8.38. The summed E-state index contributed by atoms with van der Waals surface area (Å²) in [6, 6.07) is 1.95. The second-order valence-corrected chi connectivity index (χ2v) is 4.26. The highest BCUT2D eigenvalue weighted by molar-refractivity contribution is 5.69. The van der Waals surface area contributed by atoms with Crippen molar-refractivity contribution in [2.75, 3.05) is 5.73 Å². The summed E-state index contributed by atoms with van der Waals surface area (Å²) in [5.41, 5.74) is 7.24. The number of rotatable bonds is 6. The maximum atomic E-state index is 11.7. The topological polar surface area (TPSA) is 101 Å². The molecule has 20 heavy (non-hydrogen) atoms. The van der Waals surface area contributed by atoms with Gasteiger partial charge in [0, 0.05) is 6.54 Å². The molecule has 2 aromatic rings. The van der Waals surface area contributed by atoms with E-state index in [2.05, 4.69) is 15.2 Å². The van der Waals surface area contributed by atoms with Gasteiger partial charge in [-0.3, -0.25) is 9.48 Å². The quantitative estimate of drug-likeness (QED) is 0.767. The van der Waals surface area contributed by atoms with Crippen molar-refractivity contribution in [2.45, 2.75) is 40.0 Å². The fourth-order valence-electron chi connectivity index (χ4n) is 1.80. The summed E-state index contributed by atoms with van der Waals surface area (Å²) >= 11 is 0. The van der Waals surface area contributed by atoms with E-state index >= 15 is 0 Å². The third kappa shape index (κ3) is 3.34. The lowest BCUT2D eigenvalue weighted by molar-refractivity contribution is -0.146. The Morgan fingerprint density at radius 1 is 1.40 bits per heavy atom. The average Bonchev–Trinajstić information content (AvgIpc) is 3.02. The Kier molecular flexibility index (Phi) is 4.34. The molecule has 8 nitrogen and oxygen atoms in total. The number of carbonyl (C=O) groups is 1. The maximum absolute atomic E-state index is 11.7. The summed E-state index contributed by atoms with van der Waals surface area (Å²) in [7, 11) is 0. The van der Waals surface area contributed by atoms with Crippen LogP contribution in [0.3, 0.4) is 0 Å². The van der Waals surface area contributed by atoms with Gasteiger partial charge in [-0.15, -0.1) is 5.10 Å². The summed E-state index contributed by atoms with van der Waals surface area (Å²) in [4.78, 5) is 15.4. The van der Waals surface area contributed by atoms with Crippen molar-refractivity contribution in [1.82, 2.24) is 24.5 Å². The Morgan fingerprint density at radius 3 is 2.80 bits per heavy atom. The molecule has 0 aromatic carbocycles. The second-order valence-electron chi connectivity index (χ2n) is 4.26. The van der Waals surface area contributed by atoms with Crippen molar-refractivity contribution < 1.29 is 9.53 Å². The highest BCUT2D eigenvalue weighted by Gasteiger charge is 2.10. The van der Waals surface area contributed by atoms with Gasteiger partial charge in [-0.05, 0) is 19.4 Å². The minimum Gasteiger partial charge on any atom is -0.458 e. The van der Waals surface area contributed by atoms with E-state index in [1.54, 1.807) is 0 Å². The molecular formula is C12H18N6O2. The van der Waals surface area contributed by atoms with Gasteiger partial charge in [-0.1, -0.05) is 6.92 Å². The average molecular weight is 278 g/mol. The lowest BCUT2D eigenvalue weighted by Crippen LogP contribution is -2.15. The van der Waals surface area contributed by atoms with E-state index in [0.717, 1.165) is 24.4 Å². The Balaban J connectivity index is 1.91. The van der Waals surface area contributed by atoms with Crippen LogP contribution in [0.25, 0.3) is 0 Å². The molecule has 2 N–H and O–H groups in total. The molecule has 2 heterocycles. The Labute approximate surface area is 116 Å². The van der Waals surface area contributed by atoms with E-state index in [4.69, 9.17) is 10.5 Å². The van der Waals surface area contributed by atoms with Crippen LogP contribution in [0, 0.1) is 0 Å². The first-order chi connectivity index (χ1) is 9.62.